The van der Waals surface area contributed by atoms with Crippen LogP contribution in [-0.2, 0) is 4.79 Å². The Kier molecular flexibility index (Phi) is 4.60. The summed E-state index contributed by atoms with van der Waals surface area (Å²) in [4.78, 5) is 12.0. The molecule has 2 aromatic carbocycles. The molecule has 0 fully saturated rings. The van der Waals surface area contributed by atoms with Crippen molar-refractivity contribution in [1.29, 1.82) is 5.26 Å². The summed E-state index contributed by atoms with van der Waals surface area (Å²) >= 11 is 5.83. The summed E-state index contributed by atoms with van der Waals surface area (Å²) in [5.41, 5.74) is 0.762. The molecule has 2 rings (SSSR count). The molecule has 0 saturated carbocycles. The van der Waals surface area contributed by atoms with Crippen molar-refractivity contribution in [1.82, 2.24) is 0 Å². The van der Waals surface area contributed by atoms with Crippen LogP contribution in [0.3, 0.4) is 0 Å². The van der Waals surface area contributed by atoms with Gasteiger partial charge in [0.2, 0.25) is 0 Å². The van der Waals surface area contributed by atoms with Gasteiger partial charge in [-0.25, -0.2) is 0 Å². The number of phenolic OH excluding ortho intramolecular Hbond substituents is 1. The van der Waals surface area contributed by atoms with Gasteiger partial charge < -0.3 is 10.4 Å². The first-order valence-corrected chi connectivity index (χ1v) is 6.44. The molecule has 4 nitrogen and oxygen atoms in total. The fourth-order valence-corrected chi connectivity index (χ4v) is 1.85. The number of anilines is 1. The Labute approximate surface area is 126 Å². The highest BCUT2D eigenvalue weighted by Gasteiger charge is 2.10. The van der Waals surface area contributed by atoms with Crippen molar-refractivity contribution >= 4 is 29.3 Å². The minimum Gasteiger partial charge on any atom is -0.507 e. The zero-order valence-corrected chi connectivity index (χ0v) is 11.6. The van der Waals surface area contributed by atoms with Crippen molar-refractivity contribution in [2.24, 2.45) is 0 Å². The van der Waals surface area contributed by atoms with Gasteiger partial charge in [-0.15, -0.1) is 0 Å². The molecule has 0 radical (unpaired) electrons. The quantitative estimate of drug-likeness (QED) is 0.672. The predicted octanol–water partition coefficient (Wildman–Crippen LogP) is 3.59. The van der Waals surface area contributed by atoms with Crippen LogP contribution >= 0.6 is 11.6 Å². The average molecular weight is 299 g/mol. The van der Waals surface area contributed by atoms with E-state index in [0.717, 1.165) is 0 Å². The van der Waals surface area contributed by atoms with Crippen molar-refractivity contribution < 1.29 is 9.90 Å². The maximum Gasteiger partial charge on any atom is 0.266 e. The summed E-state index contributed by atoms with van der Waals surface area (Å²) in [5.74, 6) is -0.609. The molecule has 0 aliphatic heterocycles. The van der Waals surface area contributed by atoms with E-state index in [1.807, 2.05) is 12.1 Å². The molecule has 0 aliphatic carbocycles. The van der Waals surface area contributed by atoms with Crippen LogP contribution in [-0.4, -0.2) is 11.0 Å². The van der Waals surface area contributed by atoms with Gasteiger partial charge in [0.25, 0.3) is 5.91 Å². The standard InChI is InChI=1S/C16H11ClN2O2/c17-13-6-7-15(20)11(9-13)8-12(10-18)16(21)19-14-4-2-1-3-5-14/h1-9,20H,(H,19,21)/b12-8+. The van der Waals surface area contributed by atoms with Gasteiger partial charge in [0.1, 0.15) is 17.4 Å². The third-order valence-electron chi connectivity index (χ3n) is 2.69. The van der Waals surface area contributed by atoms with Gasteiger partial charge in [-0.3, -0.25) is 4.79 Å². The van der Waals surface area contributed by atoms with E-state index in [1.165, 1.54) is 24.3 Å². The number of amides is 1. The molecule has 0 unspecified atom stereocenters. The lowest BCUT2D eigenvalue weighted by molar-refractivity contribution is -0.112. The second-order valence-electron chi connectivity index (χ2n) is 4.19. The SMILES string of the molecule is N#C/C(=C\c1cc(Cl)ccc1O)C(=O)Nc1ccccc1. The number of nitriles is 1. The number of carbonyl (C=O) groups is 1. The van der Waals surface area contributed by atoms with Gasteiger partial charge in [0.05, 0.1) is 0 Å². The Balaban J connectivity index is 2.27. The van der Waals surface area contributed by atoms with Crippen molar-refractivity contribution in [2.75, 3.05) is 5.32 Å². The summed E-state index contributed by atoms with van der Waals surface area (Å²) in [6, 6.07) is 15.0. The average Bonchev–Trinajstić information content (AvgIpc) is 2.49. The largest absolute Gasteiger partial charge is 0.507 e. The number of rotatable bonds is 3. The van der Waals surface area contributed by atoms with Gasteiger partial charge in [0, 0.05) is 16.3 Å². The lowest BCUT2D eigenvalue weighted by atomic mass is 10.1. The van der Waals surface area contributed by atoms with Crippen LogP contribution in [0.15, 0.2) is 54.1 Å². The van der Waals surface area contributed by atoms with E-state index in [4.69, 9.17) is 16.9 Å². The van der Waals surface area contributed by atoms with E-state index < -0.39 is 5.91 Å². The molecule has 104 valence electrons. The molecule has 0 heterocycles. The molecule has 5 heteroatoms. The number of hydrogen-bond donors (Lipinski definition) is 2. The van der Waals surface area contributed by atoms with Gasteiger partial charge in [-0.1, -0.05) is 29.8 Å². The number of benzene rings is 2. The summed E-state index contributed by atoms with van der Waals surface area (Å²) < 4.78 is 0. The maximum atomic E-state index is 12.0. The molecule has 1 amide bonds. The maximum absolute atomic E-state index is 12.0. The van der Waals surface area contributed by atoms with Crippen LogP contribution in [0.4, 0.5) is 5.69 Å². The van der Waals surface area contributed by atoms with Crippen molar-refractivity contribution in [3.8, 4) is 11.8 Å². The number of nitrogens with zero attached hydrogens (tertiary/aromatic N) is 1. The minimum absolute atomic E-state index is 0.0559. The van der Waals surface area contributed by atoms with Crippen molar-refractivity contribution in [2.45, 2.75) is 0 Å². The molecule has 0 atom stereocenters. The van der Waals surface area contributed by atoms with Gasteiger partial charge in [0.15, 0.2) is 0 Å². The fourth-order valence-electron chi connectivity index (χ4n) is 1.66. The number of hydrogen-bond acceptors (Lipinski definition) is 3. The minimum atomic E-state index is -0.553. The third kappa shape index (κ3) is 3.85. The number of carbonyl (C=O) groups excluding carboxylic acids is 1. The predicted molar refractivity (Wildman–Crippen MR) is 81.8 cm³/mol. The van der Waals surface area contributed by atoms with Crippen LogP contribution in [0, 0.1) is 11.3 Å². The molecule has 2 aromatic rings. The highest BCUT2D eigenvalue weighted by Crippen LogP contribution is 2.24. The zero-order chi connectivity index (χ0) is 15.2. The molecule has 21 heavy (non-hydrogen) atoms. The van der Waals surface area contributed by atoms with E-state index in [2.05, 4.69) is 5.32 Å². The van der Waals surface area contributed by atoms with E-state index in [1.54, 1.807) is 24.3 Å². The fraction of sp³-hybridized carbons (Fsp3) is 0. The van der Waals surface area contributed by atoms with Gasteiger partial charge in [-0.2, -0.15) is 5.26 Å². The summed E-state index contributed by atoms with van der Waals surface area (Å²) in [6.45, 7) is 0. The number of nitrogens with one attached hydrogen (secondary N) is 1. The van der Waals surface area contributed by atoms with E-state index in [9.17, 15) is 9.90 Å². The lowest BCUT2D eigenvalue weighted by Crippen LogP contribution is -2.13. The second-order valence-corrected chi connectivity index (χ2v) is 4.63. The third-order valence-corrected chi connectivity index (χ3v) is 2.92. The Morgan fingerprint density at radius 1 is 1.24 bits per heavy atom. The monoisotopic (exact) mass is 298 g/mol. The van der Waals surface area contributed by atoms with Crippen molar-refractivity contribution in [3.05, 3.63) is 64.7 Å². The Morgan fingerprint density at radius 3 is 2.62 bits per heavy atom. The molecule has 0 bridgehead atoms. The molecular weight excluding hydrogens is 288 g/mol. The molecule has 0 aliphatic rings. The zero-order valence-electron chi connectivity index (χ0n) is 10.9. The Hall–Kier alpha value is -2.77. The van der Waals surface area contributed by atoms with Crippen LogP contribution in [0.25, 0.3) is 6.08 Å². The first kappa shape index (κ1) is 14.6. The molecule has 0 spiro atoms. The van der Waals surface area contributed by atoms with Crippen molar-refractivity contribution in [3.63, 3.8) is 0 Å². The molecule has 0 saturated heterocycles. The number of para-hydroxylation sites is 1. The molecule has 0 aromatic heterocycles. The first-order valence-electron chi connectivity index (χ1n) is 6.07. The highest BCUT2D eigenvalue weighted by atomic mass is 35.5. The normalized spacial score (nSPS) is 10.8. The van der Waals surface area contributed by atoms with E-state index in [-0.39, 0.29) is 11.3 Å². The Morgan fingerprint density at radius 2 is 1.95 bits per heavy atom. The number of phenols is 1. The Bertz CT molecular complexity index is 734. The van der Waals surface area contributed by atoms with Crippen LogP contribution in [0.1, 0.15) is 5.56 Å². The summed E-state index contributed by atoms with van der Waals surface area (Å²) in [5, 5.41) is 21.8. The second kappa shape index (κ2) is 6.60. The van der Waals surface area contributed by atoms with Crippen LogP contribution < -0.4 is 5.32 Å². The smallest absolute Gasteiger partial charge is 0.266 e. The highest BCUT2D eigenvalue weighted by molar-refractivity contribution is 6.30. The van der Waals surface area contributed by atoms with E-state index in [0.29, 0.717) is 16.3 Å². The summed E-state index contributed by atoms with van der Waals surface area (Å²) in [7, 11) is 0. The van der Waals surface area contributed by atoms with Gasteiger partial charge >= 0.3 is 0 Å². The van der Waals surface area contributed by atoms with E-state index >= 15 is 0 Å². The lowest BCUT2D eigenvalue weighted by Gasteiger charge is -2.04. The number of aromatic hydroxyl groups is 1. The van der Waals surface area contributed by atoms with Gasteiger partial charge in [-0.05, 0) is 36.4 Å². The van der Waals surface area contributed by atoms with Crippen LogP contribution in [0.5, 0.6) is 5.75 Å². The first-order chi connectivity index (χ1) is 10.1. The van der Waals surface area contributed by atoms with Crippen LogP contribution in [0.2, 0.25) is 5.02 Å². The topological polar surface area (TPSA) is 73.1 Å². The number of halogens is 1. The molecule has 2 N–H and O–H groups in total. The molecular formula is C16H11ClN2O2. The summed E-state index contributed by atoms with van der Waals surface area (Å²) in [6.07, 6.45) is 1.29.